The molecule has 4 rings (SSSR count). The predicted molar refractivity (Wildman–Crippen MR) is 120 cm³/mol. The second-order valence-corrected chi connectivity index (χ2v) is 8.11. The van der Waals surface area contributed by atoms with Crippen molar-refractivity contribution in [1.82, 2.24) is 4.90 Å². The standard InChI is InChI=1S/C24H23ClN2O5/c1-31-18-11-13-19(14-12-18)32-24(30)15-7-9-16(10-8-15)26-21-20(25)22(28)27(23(21)29)17-5-3-2-4-6-17/h7-14,17,26H,2-6H2,1H3. The van der Waals surface area contributed by atoms with Gasteiger partial charge in [0.1, 0.15) is 22.2 Å². The molecule has 1 aliphatic carbocycles. The number of ether oxygens (including phenoxy) is 2. The van der Waals surface area contributed by atoms with E-state index in [9.17, 15) is 14.4 Å². The van der Waals surface area contributed by atoms with Gasteiger partial charge in [-0.2, -0.15) is 0 Å². The molecule has 0 unspecified atom stereocenters. The van der Waals surface area contributed by atoms with Gasteiger partial charge in [-0.15, -0.1) is 0 Å². The lowest BCUT2D eigenvalue weighted by molar-refractivity contribution is -0.140. The lowest BCUT2D eigenvalue weighted by Gasteiger charge is -2.29. The highest BCUT2D eigenvalue weighted by Crippen LogP contribution is 2.32. The molecule has 32 heavy (non-hydrogen) atoms. The van der Waals surface area contributed by atoms with E-state index in [0.717, 1.165) is 32.1 Å². The maximum absolute atomic E-state index is 12.9. The first-order valence-corrected chi connectivity index (χ1v) is 10.9. The summed E-state index contributed by atoms with van der Waals surface area (Å²) in [7, 11) is 1.56. The molecule has 0 bridgehead atoms. The maximum atomic E-state index is 12.9. The molecule has 0 saturated heterocycles. The second kappa shape index (κ2) is 9.44. The highest BCUT2D eigenvalue weighted by molar-refractivity contribution is 6.48. The Morgan fingerprint density at radius 1 is 0.938 bits per heavy atom. The van der Waals surface area contributed by atoms with E-state index < -0.39 is 17.8 Å². The van der Waals surface area contributed by atoms with E-state index in [0.29, 0.717) is 22.7 Å². The van der Waals surface area contributed by atoms with Crippen molar-refractivity contribution in [3.8, 4) is 11.5 Å². The van der Waals surface area contributed by atoms with E-state index in [-0.39, 0.29) is 16.8 Å². The molecule has 0 aromatic heterocycles. The number of imide groups is 1. The SMILES string of the molecule is COc1ccc(OC(=O)c2ccc(NC3=C(Cl)C(=O)N(C4CCCCC4)C3=O)cc2)cc1. The number of rotatable bonds is 6. The Morgan fingerprint density at radius 2 is 1.56 bits per heavy atom. The molecule has 0 atom stereocenters. The van der Waals surface area contributed by atoms with Crippen molar-refractivity contribution >= 4 is 35.1 Å². The summed E-state index contributed by atoms with van der Waals surface area (Å²) >= 11 is 6.20. The number of nitrogens with zero attached hydrogens (tertiary/aromatic N) is 1. The van der Waals surface area contributed by atoms with Crippen LogP contribution in [-0.2, 0) is 9.59 Å². The highest BCUT2D eigenvalue weighted by atomic mass is 35.5. The van der Waals surface area contributed by atoms with Crippen LogP contribution in [0.1, 0.15) is 42.5 Å². The summed E-state index contributed by atoms with van der Waals surface area (Å²) in [4.78, 5) is 39.1. The zero-order valence-corrected chi connectivity index (χ0v) is 18.4. The molecule has 2 aromatic rings. The van der Waals surface area contributed by atoms with Gasteiger partial charge in [0.15, 0.2) is 0 Å². The minimum absolute atomic E-state index is 0.0656. The van der Waals surface area contributed by atoms with Gasteiger partial charge in [0.05, 0.1) is 12.7 Å². The van der Waals surface area contributed by atoms with Gasteiger partial charge in [-0.05, 0) is 61.4 Å². The summed E-state index contributed by atoms with van der Waals surface area (Å²) in [6.07, 6.45) is 4.72. The normalized spacial score (nSPS) is 17.0. The van der Waals surface area contributed by atoms with Gasteiger partial charge in [0.25, 0.3) is 11.8 Å². The molecule has 2 aromatic carbocycles. The second-order valence-electron chi connectivity index (χ2n) is 7.73. The smallest absolute Gasteiger partial charge is 0.343 e. The lowest BCUT2D eigenvalue weighted by Crippen LogP contribution is -2.42. The molecule has 166 valence electrons. The number of carbonyl (C=O) groups is 3. The molecule has 1 aliphatic heterocycles. The number of carbonyl (C=O) groups excluding carboxylic acids is 3. The van der Waals surface area contributed by atoms with Crippen LogP contribution in [0, 0.1) is 0 Å². The van der Waals surface area contributed by atoms with Crippen LogP contribution in [0.2, 0.25) is 0 Å². The number of amides is 2. The summed E-state index contributed by atoms with van der Waals surface area (Å²) in [6, 6.07) is 13.0. The quantitative estimate of drug-likeness (QED) is 0.393. The molecule has 1 saturated carbocycles. The number of hydrogen-bond donors (Lipinski definition) is 1. The Morgan fingerprint density at radius 3 is 2.19 bits per heavy atom. The Hall–Kier alpha value is -3.32. The number of halogens is 1. The Kier molecular flexibility index (Phi) is 6.46. The first-order valence-electron chi connectivity index (χ1n) is 10.5. The van der Waals surface area contributed by atoms with Crippen molar-refractivity contribution in [3.05, 3.63) is 64.8 Å². The van der Waals surface area contributed by atoms with Crippen LogP contribution < -0.4 is 14.8 Å². The number of methoxy groups -OCH3 is 1. The van der Waals surface area contributed by atoms with Crippen LogP contribution >= 0.6 is 11.6 Å². The average Bonchev–Trinajstić information content (AvgIpc) is 3.03. The predicted octanol–water partition coefficient (Wildman–Crippen LogP) is 4.48. The van der Waals surface area contributed by atoms with E-state index in [2.05, 4.69) is 5.32 Å². The third-order valence-electron chi connectivity index (χ3n) is 5.66. The van der Waals surface area contributed by atoms with Crippen LogP contribution in [0.5, 0.6) is 11.5 Å². The summed E-state index contributed by atoms with van der Waals surface area (Å²) in [5.41, 5.74) is 0.936. The number of nitrogens with one attached hydrogen (secondary N) is 1. The average molecular weight is 455 g/mol. The van der Waals surface area contributed by atoms with Gasteiger partial charge >= 0.3 is 5.97 Å². The zero-order valence-electron chi connectivity index (χ0n) is 17.6. The molecular formula is C24H23ClN2O5. The fraction of sp³-hybridized carbons (Fsp3) is 0.292. The van der Waals surface area contributed by atoms with Crippen LogP contribution in [0.25, 0.3) is 0 Å². The molecule has 0 spiro atoms. The number of anilines is 1. The topological polar surface area (TPSA) is 84.9 Å². The Balaban J connectivity index is 1.42. The van der Waals surface area contributed by atoms with Gasteiger partial charge in [-0.1, -0.05) is 30.9 Å². The van der Waals surface area contributed by atoms with Crippen molar-refractivity contribution in [2.75, 3.05) is 12.4 Å². The van der Waals surface area contributed by atoms with Gasteiger partial charge in [0, 0.05) is 11.7 Å². The number of esters is 1. The molecule has 8 heteroatoms. The minimum atomic E-state index is -0.519. The lowest BCUT2D eigenvalue weighted by atomic mass is 9.94. The third-order valence-corrected chi connectivity index (χ3v) is 6.01. The van der Waals surface area contributed by atoms with Crippen molar-refractivity contribution in [2.24, 2.45) is 0 Å². The molecule has 1 fully saturated rings. The van der Waals surface area contributed by atoms with Crippen molar-refractivity contribution in [3.63, 3.8) is 0 Å². The van der Waals surface area contributed by atoms with E-state index in [1.165, 1.54) is 4.90 Å². The fourth-order valence-corrected chi connectivity index (χ4v) is 4.16. The molecule has 0 radical (unpaired) electrons. The summed E-state index contributed by atoms with van der Waals surface area (Å²) < 4.78 is 10.4. The molecular weight excluding hydrogens is 432 g/mol. The van der Waals surface area contributed by atoms with Gasteiger partial charge in [0.2, 0.25) is 0 Å². The number of benzene rings is 2. The largest absolute Gasteiger partial charge is 0.497 e. The minimum Gasteiger partial charge on any atom is -0.497 e. The van der Waals surface area contributed by atoms with Crippen molar-refractivity contribution in [1.29, 1.82) is 0 Å². The van der Waals surface area contributed by atoms with E-state index in [4.69, 9.17) is 21.1 Å². The van der Waals surface area contributed by atoms with Gasteiger partial charge < -0.3 is 14.8 Å². The monoisotopic (exact) mass is 454 g/mol. The molecule has 1 heterocycles. The highest BCUT2D eigenvalue weighted by Gasteiger charge is 2.42. The first kappa shape index (κ1) is 21.9. The number of hydrogen-bond acceptors (Lipinski definition) is 6. The van der Waals surface area contributed by atoms with Gasteiger partial charge in [-0.3, -0.25) is 14.5 Å². The van der Waals surface area contributed by atoms with Crippen molar-refractivity contribution < 1.29 is 23.9 Å². The third kappa shape index (κ3) is 4.48. The summed E-state index contributed by atoms with van der Waals surface area (Å²) in [5, 5.41) is 2.83. The van der Waals surface area contributed by atoms with Crippen LogP contribution in [-0.4, -0.2) is 35.8 Å². The van der Waals surface area contributed by atoms with Crippen LogP contribution in [0.15, 0.2) is 59.3 Å². The Labute approximate surface area is 190 Å². The van der Waals surface area contributed by atoms with E-state index in [1.807, 2.05) is 0 Å². The van der Waals surface area contributed by atoms with E-state index in [1.54, 1.807) is 55.6 Å². The summed E-state index contributed by atoms with van der Waals surface area (Å²) in [6.45, 7) is 0. The Bertz CT molecular complexity index is 1060. The zero-order chi connectivity index (χ0) is 22.7. The van der Waals surface area contributed by atoms with Gasteiger partial charge in [-0.25, -0.2) is 4.79 Å². The molecule has 7 nitrogen and oxygen atoms in total. The molecule has 2 aliphatic rings. The van der Waals surface area contributed by atoms with E-state index >= 15 is 0 Å². The summed E-state index contributed by atoms with van der Waals surface area (Å²) in [5.74, 6) is -0.321. The fourth-order valence-electron chi connectivity index (χ4n) is 3.94. The van der Waals surface area contributed by atoms with Crippen molar-refractivity contribution in [2.45, 2.75) is 38.1 Å². The first-order chi connectivity index (χ1) is 15.5. The van der Waals surface area contributed by atoms with Crippen LogP contribution in [0.4, 0.5) is 5.69 Å². The molecule has 1 N–H and O–H groups in total. The van der Waals surface area contributed by atoms with Crippen LogP contribution in [0.3, 0.4) is 0 Å². The molecule has 2 amide bonds. The maximum Gasteiger partial charge on any atom is 0.343 e.